The number of hydrogen-bond donors (Lipinski definition) is 1. The monoisotopic (exact) mass is 307 g/mol. The van der Waals surface area contributed by atoms with E-state index in [1.165, 1.54) is 11.1 Å². The number of pyridine rings is 1. The molecule has 2 aliphatic rings. The Labute approximate surface area is 135 Å². The van der Waals surface area contributed by atoms with Crippen LogP contribution < -0.4 is 15.0 Å². The molecule has 1 aromatic carbocycles. The van der Waals surface area contributed by atoms with Gasteiger partial charge >= 0.3 is 0 Å². The molecule has 0 saturated carbocycles. The van der Waals surface area contributed by atoms with Crippen molar-refractivity contribution >= 4 is 23.1 Å². The van der Waals surface area contributed by atoms with Gasteiger partial charge in [0.1, 0.15) is 0 Å². The highest BCUT2D eigenvalue weighted by molar-refractivity contribution is 6.07. The van der Waals surface area contributed by atoms with Gasteiger partial charge in [0.2, 0.25) is 5.88 Å². The second-order valence-electron chi connectivity index (χ2n) is 5.69. The summed E-state index contributed by atoms with van der Waals surface area (Å²) in [7, 11) is 1.57. The summed E-state index contributed by atoms with van der Waals surface area (Å²) in [6.07, 6.45) is 6.18. The van der Waals surface area contributed by atoms with Crippen LogP contribution in [0.5, 0.6) is 5.88 Å². The maximum Gasteiger partial charge on any atom is 0.252 e. The number of ether oxygens (including phenoxy) is 1. The molecule has 23 heavy (non-hydrogen) atoms. The number of carbonyl (C=O) groups excluding carboxylic acids is 1. The van der Waals surface area contributed by atoms with Crippen molar-refractivity contribution in [1.29, 1.82) is 0 Å². The van der Waals surface area contributed by atoms with E-state index in [2.05, 4.69) is 28.9 Å². The molecule has 1 aliphatic heterocycles. The zero-order valence-corrected chi connectivity index (χ0v) is 12.9. The Kier molecular flexibility index (Phi) is 3.41. The Balaban J connectivity index is 1.80. The molecule has 0 spiro atoms. The third-order valence-corrected chi connectivity index (χ3v) is 4.28. The van der Waals surface area contributed by atoms with Gasteiger partial charge in [-0.1, -0.05) is 6.07 Å². The normalized spacial score (nSPS) is 16.4. The molecular weight excluding hydrogens is 290 g/mol. The maximum atomic E-state index is 12.5. The number of nitrogens with one attached hydrogen (secondary N) is 1. The largest absolute Gasteiger partial charge is 0.481 e. The topological polar surface area (TPSA) is 54.5 Å². The van der Waals surface area contributed by atoms with Crippen molar-refractivity contribution < 1.29 is 9.53 Å². The van der Waals surface area contributed by atoms with Gasteiger partial charge in [0.05, 0.1) is 25.0 Å². The fourth-order valence-corrected chi connectivity index (χ4v) is 3.09. The number of aromatic nitrogens is 1. The van der Waals surface area contributed by atoms with Crippen LogP contribution in [0.1, 0.15) is 17.5 Å². The standard InChI is InChI=1S/C18H17N3O2/c1-23-16-9-8-15-18(20-16)21(17(22)11-19-15)14-7-6-12-4-2-3-5-13(12)10-14/h6-10,19H,3-5,11H2,1H3. The van der Waals surface area contributed by atoms with Gasteiger partial charge in [0.15, 0.2) is 5.82 Å². The van der Waals surface area contributed by atoms with Gasteiger partial charge in [-0.05, 0) is 55.0 Å². The zero-order valence-electron chi connectivity index (χ0n) is 12.9. The summed E-state index contributed by atoms with van der Waals surface area (Å²) in [6, 6.07) is 9.86. The van der Waals surface area contributed by atoms with Crippen molar-refractivity contribution in [3.63, 3.8) is 0 Å². The van der Waals surface area contributed by atoms with Crippen molar-refractivity contribution in [3.05, 3.63) is 47.9 Å². The van der Waals surface area contributed by atoms with Crippen LogP contribution in [0, 0.1) is 6.42 Å². The van der Waals surface area contributed by atoms with E-state index in [9.17, 15) is 4.79 Å². The number of carbonyl (C=O) groups is 1. The molecule has 1 amide bonds. The fraction of sp³-hybridized carbons (Fsp3) is 0.278. The molecule has 1 aromatic heterocycles. The SMILES string of the molecule is COc1ccc2c(n1)N(c1ccc3c(c1)CC[C]C3)C(=O)CN2. The number of amides is 1. The number of nitrogens with zero attached hydrogens (tertiary/aromatic N) is 2. The fourth-order valence-electron chi connectivity index (χ4n) is 3.09. The minimum absolute atomic E-state index is 0.0212. The maximum absolute atomic E-state index is 12.5. The van der Waals surface area contributed by atoms with Crippen LogP contribution in [0.3, 0.4) is 0 Å². The number of fused-ring (bicyclic) bond motifs is 2. The van der Waals surface area contributed by atoms with Crippen molar-refractivity contribution in [2.45, 2.75) is 19.3 Å². The molecular formula is C18H17N3O2. The quantitative estimate of drug-likeness (QED) is 0.927. The first-order chi connectivity index (χ1) is 11.3. The smallest absolute Gasteiger partial charge is 0.252 e. The minimum atomic E-state index is -0.0212. The summed E-state index contributed by atoms with van der Waals surface area (Å²) in [5.74, 6) is 1.06. The number of hydrogen-bond acceptors (Lipinski definition) is 4. The van der Waals surface area contributed by atoms with Crippen LogP contribution in [0.2, 0.25) is 0 Å². The highest BCUT2D eigenvalue weighted by atomic mass is 16.5. The minimum Gasteiger partial charge on any atom is -0.481 e. The van der Waals surface area contributed by atoms with Gasteiger partial charge in [-0.15, -0.1) is 0 Å². The van der Waals surface area contributed by atoms with Crippen LogP contribution in [0.25, 0.3) is 0 Å². The lowest BCUT2D eigenvalue weighted by Gasteiger charge is -2.30. The Hall–Kier alpha value is -2.56. The van der Waals surface area contributed by atoms with E-state index in [-0.39, 0.29) is 12.5 Å². The predicted octanol–water partition coefficient (Wildman–Crippen LogP) is 2.75. The highest BCUT2D eigenvalue weighted by Crippen LogP contribution is 2.36. The number of anilines is 3. The lowest BCUT2D eigenvalue weighted by atomic mass is 9.91. The van der Waals surface area contributed by atoms with E-state index in [0.29, 0.717) is 11.7 Å². The second kappa shape index (κ2) is 5.57. The number of methoxy groups -OCH3 is 1. The van der Waals surface area contributed by atoms with Gasteiger partial charge in [-0.25, -0.2) is 0 Å². The Morgan fingerprint density at radius 2 is 2.17 bits per heavy atom. The van der Waals surface area contributed by atoms with Crippen LogP contribution in [0.15, 0.2) is 30.3 Å². The summed E-state index contributed by atoms with van der Waals surface area (Å²) in [4.78, 5) is 18.6. The lowest BCUT2D eigenvalue weighted by molar-refractivity contribution is -0.116. The third kappa shape index (κ3) is 2.42. The van der Waals surface area contributed by atoms with E-state index in [4.69, 9.17) is 4.74 Å². The van der Waals surface area contributed by atoms with E-state index in [1.807, 2.05) is 12.1 Å². The van der Waals surface area contributed by atoms with Crippen LogP contribution in [-0.2, 0) is 17.6 Å². The molecule has 4 rings (SSSR count). The predicted molar refractivity (Wildman–Crippen MR) is 88.1 cm³/mol. The number of aryl methyl sites for hydroxylation is 1. The molecule has 2 aromatic rings. The van der Waals surface area contributed by atoms with Gasteiger partial charge in [0, 0.05) is 6.07 Å². The first-order valence-electron chi connectivity index (χ1n) is 7.70. The average Bonchev–Trinajstić information content (AvgIpc) is 2.60. The zero-order chi connectivity index (χ0) is 15.8. The van der Waals surface area contributed by atoms with Crippen LogP contribution in [0.4, 0.5) is 17.2 Å². The van der Waals surface area contributed by atoms with E-state index >= 15 is 0 Å². The summed E-state index contributed by atoms with van der Waals surface area (Å²) in [6.45, 7) is 0.264. The number of rotatable bonds is 2. The molecule has 5 heteroatoms. The average molecular weight is 307 g/mol. The van der Waals surface area contributed by atoms with Gasteiger partial charge in [-0.2, -0.15) is 4.98 Å². The molecule has 0 bridgehead atoms. The Bertz CT molecular complexity index is 773. The van der Waals surface area contributed by atoms with Crippen molar-refractivity contribution in [2.75, 3.05) is 23.9 Å². The molecule has 2 radical (unpaired) electrons. The summed E-state index contributed by atoms with van der Waals surface area (Å²) in [5.41, 5.74) is 4.28. The van der Waals surface area contributed by atoms with Crippen molar-refractivity contribution in [3.8, 4) is 5.88 Å². The third-order valence-electron chi connectivity index (χ3n) is 4.28. The highest BCUT2D eigenvalue weighted by Gasteiger charge is 2.28. The van der Waals surface area contributed by atoms with Crippen molar-refractivity contribution in [2.24, 2.45) is 0 Å². The van der Waals surface area contributed by atoms with Crippen LogP contribution in [-0.4, -0.2) is 24.5 Å². The van der Waals surface area contributed by atoms with Crippen LogP contribution >= 0.6 is 0 Å². The van der Waals surface area contributed by atoms with Gasteiger partial charge in [0.25, 0.3) is 5.91 Å². The van der Waals surface area contributed by atoms with E-state index in [0.717, 1.165) is 30.6 Å². The first-order valence-corrected chi connectivity index (χ1v) is 7.70. The van der Waals surface area contributed by atoms with E-state index < -0.39 is 0 Å². The summed E-state index contributed by atoms with van der Waals surface area (Å²) < 4.78 is 5.21. The molecule has 1 N–H and O–H groups in total. The number of benzene rings is 1. The first kappa shape index (κ1) is 14.1. The molecule has 5 nitrogen and oxygen atoms in total. The Morgan fingerprint density at radius 3 is 3.04 bits per heavy atom. The second-order valence-corrected chi connectivity index (χ2v) is 5.69. The molecule has 0 unspecified atom stereocenters. The summed E-state index contributed by atoms with van der Waals surface area (Å²) >= 11 is 0. The lowest BCUT2D eigenvalue weighted by Crippen LogP contribution is -2.37. The molecule has 116 valence electrons. The molecule has 0 fully saturated rings. The molecule has 1 aliphatic carbocycles. The molecule has 0 saturated heterocycles. The summed E-state index contributed by atoms with van der Waals surface area (Å²) in [5, 5.41) is 3.11. The van der Waals surface area contributed by atoms with Gasteiger partial charge in [-0.3, -0.25) is 9.69 Å². The molecule has 2 heterocycles. The van der Waals surface area contributed by atoms with Crippen molar-refractivity contribution in [1.82, 2.24) is 4.98 Å². The molecule has 0 atom stereocenters. The Morgan fingerprint density at radius 1 is 1.26 bits per heavy atom. The van der Waals surface area contributed by atoms with E-state index in [1.54, 1.807) is 18.1 Å². The van der Waals surface area contributed by atoms with Gasteiger partial charge < -0.3 is 10.1 Å².